The highest BCUT2D eigenvalue weighted by Gasteiger charge is 2.24. The topological polar surface area (TPSA) is 9.23 Å². The number of ether oxygens (including phenoxy) is 1. The summed E-state index contributed by atoms with van der Waals surface area (Å²) in [5, 5.41) is 0. The van der Waals surface area contributed by atoms with Crippen molar-refractivity contribution >= 4 is 0 Å². The van der Waals surface area contributed by atoms with Gasteiger partial charge in [0.25, 0.3) is 0 Å². The molecule has 0 N–H and O–H groups in total. The van der Waals surface area contributed by atoms with Crippen molar-refractivity contribution in [3.05, 3.63) is 28.8 Å². The van der Waals surface area contributed by atoms with E-state index in [0.29, 0.717) is 0 Å². The van der Waals surface area contributed by atoms with Gasteiger partial charge in [-0.15, -0.1) is 0 Å². The van der Waals surface area contributed by atoms with Gasteiger partial charge in [0.2, 0.25) is 0 Å². The van der Waals surface area contributed by atoms with Crippen molar-refractivity contribution in [2.24, 2.45) is 0 Å². The van der Waals surface area contributed by atoms with Crippen LogP contribution in [0.4, 0.5) is 0 Å². The Balaban J connectivity index is 3.57. The van der Waals surface area contributed by atoms with Crippen LogP contribution in [0.25, 0.3) is 0 Å². The Labute approximate surface area is 113 Å². The minimum Gasteiger partial charge on any atom is -0.496 e. The fourth-order valence-corrected chi connectivity index (χ4v) is 2.18. The fourth-order valence-electron chi connectivity index (χ4n) is 2.18. The van der Waals surface area contributed by atoms with Gasteiger partial charge in [-0.1, -0.05) is 60.6 Å². The summed E-state index contributed by atoms with van der Waals surface area (Å²) < 4.78 is 5.66. The molecule has 0 radical (unpaired) electrons. The predicted octanol–water partition coefficient (Wildman–Crippen LogP) is 4.85. The van der Waals surface area contributed by atoms with Crippen LogP contribution in [0.5, 0.6) is 5.75 Å². The summed E-state index contributed by atoms with van der Waals surface area (Å²) in [6.45, 7) is 15.7. The third kappa shape index (κ3) is 3.07. The lowest BCUT2D eigenvalue weighted by molar-refractivity contribution is 0.392. The maximum Gasteiger partial charge on any atom is 0.125 e. The predicted molar refractivity (Wildman–Crippen MR) is 79.8 cm³/mol. The highest BCUT2D eigenvalue weighted by molar-refractivity contribution is 5.49. The van der Waals surface area contributed by atoms with Gasteiger partial charge >= 0.3 is 0 Å². The average Bonchev–Trinajstić information content (AvgIpc) is 2.24. The van der Waals surface area contributed by atoms with Crippen molar-refractivity contribution in [3.63, 3.8) is 0 Å². The zero-order valence-corrected chi connectivity index (χ0v) is 13.3. The lowest BCUT2D eigenvalue weighted by atomic mass is 9.78. The second-order valence-electron chi connectivity index (χ2n) is 7.07. The molecule has 0 bridgehead atoms. The first-order chi connectivity index (χ1) is 8.11. The lowest BCUT2D eigenvalue weighted by Gasteiger charge is -2.28. The van der Waals surface area contributed by atoms with Crippen LogP contribution < -0.4 is 4.74 Å². The van der Waals surface area contributed by atoms with E-state index in [9.17, 15) is 0 Å². The van der Waals surface area contributed by atoms with E-state index in [2.05, 4.69) is 60.6 Å². The van der Waals surface area contributed by atoms with Gasteiger partial charge in [0.1, 0.15) is 5.75 Å². The Morgan fingerprint density at radius 2 is 1.50 bits per heavy atom. The second-order valence-corrected chi connectivity index (χ2v) is 7.07. The molecule has 0 aromatic heterocycles. The summed E-state index contributed by atoms with van der Waals surface area (Å²) in [5.41, 5.74) is 4.31. The van der Waals surface area contributed by atoms with Gasteiger partial charge in [0.15, 0.2) is 0 Å². The molecule has 0 saturated carbocycles. The molecule has 1 aromatic carbocycles. The Kier molecular flexibility index (Phi) is 4.15. The van der Waals surface area contributed by atoms with E-state index in [-0.39, 0.29) is 10.8 Å². The van der Waals surface area contributed by atoms with Crippen molar-refractivity contribution in [1.82, 2.24) is 0 Å². The van der Waals surface area contributed by atoms with Crippen LogP contribution in [0.3, 0.4) is 0 Å². The molecular weight excluding hydrogens is 220 g/mol. The number of methoxy groups -OCH3 is 1. The number of rotatable bonds is 2. The molecule has 1 aromatic rings. The normalized spacial score (nSPS) is 12.7. The van der Waals surface area contributed by atoms with Crippen molar-refractivity contribution in [1.29, 1.82) is 0 Å². The molecule has 1 heteroatoms. The van der Waals surface area contributed by atoms with Gasteiger partial charge in [0, 0.05) is 5.56 Å². The summed E-state index contributed by atoms with van der Waals surface area (Å²) in [5.74, 6) is 1.07. The zero-order chi connectivity index (χ0) is 14.1. The van der Waals surface area contributed by atoms with E-state index >= 15 is 0 Å². The molecule has 0 atom stereocenters. The van der Waals surface area contributed by atoms with E-state index in [0.717, 1.165) is 12.2 Å². The van der Waals surface area contributed by atoms with Gasteiger partial charge in [0.05, 0.1) is 7.11 Å². The lowest BCUT2D eigenvalue weighted by Crippen LogP contribution is -2.18. The molecule has 0 aliphatic carbocycles. The van der Waals surface area contributed by atoms with E-state index in [1.165, 1.54) is 16.7 Å². The van der Waals surface area contributed by atoms with Crippen LogP contribution in [0.2, 0.25) is 0 Å². The molecule has 0 amide bonds. The smallest absolute Gasteiger partial charge is 0.125 e. The van der Waals surface area contributed by atoms with Gasteiger partial charge in [-0.2, -0.15) is 0 Å². The third-order valence-electron chi connectivity index (χ3n) is 3.42. The number of benzene rings is 1. The van der Waals surface area contributed by atoms with Gasteiger partial charge in [-0.3, -0.25) is 0 Å². The van der Waals surface area contributed by atoms with Crippen LogP contribution in [-0.2, 0) is 17.3 Å². The average molecular weight is 248 g/mol. The van der Waals surface area contributed by atoms with Gasteiger partial charge < -0.3 is 4.74 Å². The second kappa shape index (κ2) is 4.95. The molecular formula is C17H28O. The maximum atomic E-state index is 5.66. The SMILES string of the molecule is CCc1cc(C(C)(C)C)cc(C(C)(C)C)c1OC. The Bertz CT molecular complexity index is 416. The van der Waals surface area contributed by atoms with Crippen LogP contribution in [0.1, 0.15) is 65.2 Å². The fraction of sp³-hybridized carbons (Fsp3) is 0.647. The zero-order valence-electron chi connectivity index (χ0n) is 13.3. The molecule has 0 unspecified atom stereocenters. The van der Waals surface area contributed by atoms with Crippen molar-refractivity contribution < 1.29 is 4.74 Å². The molecule has 1 nitrogen and oxygen atoms in total. The minimum atomic E-state index is 0.108. The molecule has 18 heavy (non-hydrogen) atoms. The molecule has 0 saturated heterocycles. The monoisotopic (exact) mass is 248 g/mol. The van der Waals surface area contributed by atoms with Crippen LogP contribution in [0.15, 0.2) is 12.1 Å². The minimum absolute atomic E-state index is 0.108. The van der Waals surface area contributed by atoms with E-state index in [4.69, 9.17) is 4.74 Å². The summed E-state index contributed by atoms with van der Waals surface area (Å²) in [7, 11) is 1.78. The van der Waals surface area contributed by atoms with E-state index in [1.54, 1.807) is 7.11 Å². The molecule has 102 valence electrons. The molecule has 0 heterocycles. The Morgan fingerprint density at radius 1 is 0.944 bits per heavy atom. The molecule has 0 aliphatic rings. The van der Waals surface area contributed by atoms with Crippen LogP contribution >= 0.6 is 0 Å². The Morgan fingerprint density at radius 3 is 1.83 bits per heavy atom. The van der Waals surface area contributed by atoms with Gasteiger partial charge in [-0.25, -0.2) is 0 Å². The molecule has 0 spiro atoms. The molecule has 1 rings (SSSR count). The van der Waals surface area contributed by atoms with Crippen molar-refractivity contribution in [2.75, 3.05) is 7.11 Å². The van der Waals surface area contributed by atoms with Crippen molar-refractivity contribution in [2.45, 2.75) is 65.7 Å². The maximum absolute atomic E-state index is 5.66. The summed E-state index contributed by atoms with van der Waals surface area (Å²) in [4.78, 5) is 0. The summed E-state index contributed by atoms with van der Waals surface area (Å²) in [6.07, 6.45) is 1.01. The highest BCUT2D eigenvalue weighted by Crippen LogP contribution is 2.38. The molecule has 0 aliphatic heterocycles. The number of hydrogen-bond donors (Lipinski definition) is 0. The van der Waals surface area contributed by atoms with Crippen molar-refractivity contribution in [3.8, 4) is 5.75 Å². The van der Waals surface area contributed by atoms with Crippen LogP contribution in [-0.4, -0.2) is 7.11 Å². The first-order valence-corrected chi connectivity index (χ1v) is 6.83. The standard InChI is InChI=1S/C17H28O/c1-9-12-10-13(16(2,3)4)11-14(15(12)18-8)17(5,6)7/h10-11H,9H2,1-8H3. The number of hydrogen-bond acceptors (Lipinski definition) is 1. The first-order valence-electron chi connectivity index (χ1n) is 6.83. The summed E-state index contributed by atoms with van der Waals surface area (Å²) >= 11 is 0. The summed E-state index contributed by atoms with van der Waals surface area (Å²) in [6, 6.07) is 4.62. The highest BCUT2D eigenvalue weighted by atomic mass is 16.5. The van der Waals surface area contributed by atoms with Gasteiger partial charge in [-0.05, 0) is 28.4 Å². The first kappa shape index (κ1) is 15.1. The number of aryl methyl sites for hydroxylation is 1. The Hall–Kier alpha value is -0.980. The largest absolute Gasteiger partial charge is 0.496 e. The third-order valence-corrected chi connectivity index (χ3v) is 3.42. The quantitative estimate of drug-likeness (QED) is 0.726. The molecule has 0 fully saturated rings. The van der Waals surface area contributed by atoms with E-state index in [1.807, 2.05) is 0 Å². The van der Waals surface area contributed by atoms with E-state index < -0.39 is 0 Å². The van der Waals surface area contributed by atoms with Crippen LogP contribution in [0, 0.1) is 0 Å².